The average Bonchev–Trinajstić information content (AvgIpc) is 3.23. The topological polar surface area (TPSA) is 69.6 Å². The van der Waals surface area contributed by atoms with E-state index in [4.69, 9.17) is 4.98 Å². The SMILES string of the molecule is Cc1cc(N2CCCC2)nc(N2CCN(C(=O)C3CCC(=O)CC3)CC2)n1. The van der Waals surface area contributed by atoms with E-state index in [9.17, 15) is 9.59 Å². The molecule has 0 N–H and O–H groups in total. The lowest BCUT2D eigenvalue weighted by molar-refractivity contribution is -0.137. The van der Waals surface area contributed by atoms with Crippen LogP contribution in [0.5, 0.6) is 0 Å². The summed E-state index contributed by atoms with van der Waals surface area (Å²) in [5.74, 6) is 2.37. The second kappa shape index (κ2) is 7.82. The largest absolute Gasteiger partial charge is 0.356 e. The van der Waals surface area contributed by atoms with E-state index in [-0.39, 0.29) is 11.8 Å². The summed E-state index contributed by atoms with van der Waals surface area (Å²) in [7, 11) is 0. The first-order chi connectivity index (χ1) is 13.1. The van der Waals surface area contributed by atoms with E-state index in [0.29, 0.717) is 31.7 Å². The Morgan fingerprint density at radius 3 is 2.30 bits per heavy atom. The van der Waals surface area contributed by atoms with E-state index in [1.165, 1.54) is 12.8 Å². The molecule has 0 radical (unpaired) electrons. The fourth-order valence-corrected chi connectivity index (χ4v) is 4.36. The molecule has 1 aromatic rings. The second-order valence-electron chi connectivity index (χ2n) is 7.99. The predicted octanol–water partition coefficient (Wildman–Crippen LogP) is 1.79. The van der Waals surface area contributed by atoms with E-state index in [1.54, 1.807) is 0 Å². The molecule has 2 saturated heterocycles. The molecule has 3 aliphatic rings. The van der Waals surface area contributed by atoms with Gasteiger partial charge in [0.15, 0.2) is 0 Å². The molecule has 2 aliphatic heterocycles. The summed E-state index contributed by atoms with van der Waals surface area (Å²) >= 11 is 0. The number of piperazine rings is 1. The quantitative estimate of drug-likeness (QED) is 0.807. The maximum Gasteiger partial charge on any atom is 0.227 e. The van der Waals surface area contributed by atoms with E-state index in [2.05, 4.69) is 20.9 Å². The summed E-state index contributed by atoms with van der Waals surface area (Å²) in [4.78, 5) is 40.1. The van der Waals surface area contributed by atoms with Crippen molar-refractivity contribution in [2.45, 2.75) is 45.4 Å². The monoisotopic (exact) mass is 371 g/mol. The summed E-state index contributed by atoms with van der Waals surface area (Å²) in [6, 6.07) is 2.07. The van der Waals surface area contributed by atoms with Gasteiger partial charge in [-0.25, -0.2) is 4.98 Å². The maximum atomic E-state index is 12.7. The Balaban J connectivity index is 1.37. The number of aromatic nitrogens is 2. The van der Waals surface area contributed by atoms with Crippen LogP contribution in [0, 0.1) is 12.8 Å². The number of hydrogen-bond acceptors (Lipinski definition) is 6. The molecule has 3 fully saturated rings. The predicted molar refractivity (Wildman–Crippen MR) is 104 cm³/mol. The van der Waals surface area contributed by atoms with Crippen molar-refractivity contribution in [3.8, 4) is 0 Å². The Morgan fingerprint density at radius 1 is 0.963 bits per heavy atom. The smallest absolute Gasteiger partial charge is 0.227 e. The van der Waals surface area contributed by atoms with Crippen LogP contribution in [-0.2, 0) is 9.59 Å². The van der Waals surface area contributed by atoms with Crippen LogP contribution in [0.25, 0.3) is 0 Å². The van der Waals surface area contributed by atoms with Crippen molar-refractivity contribution < 1.29 is 9.59 Å². The minimum Gasteiger partial charge on any atom is -0.356 e. The van der Waals surface area contributed by atoms with Crippen molar-refractivity contribution in [3.05, 3.63) is 11.8 Å². The summed E-state index contributed by atoms with van der Waals surface area (Å²) in [6.45, 7) is 7.11. The first-order valence-electron chi connectivity index (χ1n) is 10.3. The third-order valence-electron chi connectivity index (χ3n) is 6.03. The molecule has 7 heteroatoms. The van der Waals surface area contributed by atoms with E-state index >= 15 is 0 Å². The van der Waals surface area contributed by atoms with Crippen LogP contribution in [0.2, 0.25) is 0 Å². The molecule has 0 spiro atoms. The lowest BCUT2D eigenvalue weighted by Crippen LogP contribution is -2.51. The molecule has 0 atom stereocenters. The number of amides is 1. The van der Waals surface area contributed by atoms with Gasteiger partial charge < -0.3 is 14.7 Å². The lowest BCUT2D eigenvalue weighted by atomic mass is 9.87. The highest BCUT2D eigenvalue weighted by Crippen LogP contribution is 2.25. The zero-order valence-corrected chi connectivity index (χ0v) is 16.2. The van der Waals surface area contributed by atoms with Crippen LogP contribution < -0.4 is 9.80 Å². The van der Waals surface area contributed by atoms with Crippen molar-refractivity contribution in [3.63, 3.8) is 0 Å². The van der Waals surface area contributed by atoms with Crippen molar-refractivity contribution in [2.24, 2.45) is 5.92 Å². The third kappa shape index (κ3) is 4.06. The Hall–Kier alpha value is -2.18. The van der Waals surface area contributed by atoms with Crippen LogP contribution in [0.3, 0.4) is 0 Å². The molecule has 1 amide bonds. The first-order valence-corrected chi connectivity index (χ1v) is 10.3. The van der Waals surface area contributed by atoms with E-state index in [0.717, 1.165) is 56.5 Å². The number of Topliss-reactive ketones (excluding diaryl/α,β-unsaturated/α-hetero) is 1. The Bertz CT molecular complexity index is 698. The van der Waals surface area contributed by atoms with E-state index in [1.807, 2.05) is 11.8 Å². The maximum absolute atomic E-state index is 12.7. The van der Waals surface area contributed by atoms with Gasteiger partial charge in [-0.15, -0.1) is 0 Å². The molecule has 146 valence electrons. The van der Waals surface area contributed by atoms with Gasteiger partial charge in [0, 0.05) is 69.8 Å². The molecule has 4 rings (SSSR count). The molecular weight excluding hydrogens is 342 g/mol. The molecule has 7 nitrogen and oxygen atoms in total. The molecule has 1 saturated carbocycles. The summed E-state index contributed by atoms with van der Waals surface area (Å²) < 4.78 is 0. The number of carbonyl (C=O) groups is 2. The molecule has 27 heavy (non-hydrogen) atoms. The number of carbonyl (C=O) groups excluding carboxylic acids is 2. The van der Waals surface area contributed by atoms with Gasteiger partial charge >= 0.3 is 0 Å². The van der Waals surface area contributed by atoms with Gasteiger partial charge in [0.1, 0.15) is 11.6 Å². The van der Waals surface area contributed by atoms with Crippen LogP contribution in [-0.4, -0.2) is 65.8 Å². The minimum absolute atomic E-state index is 0.0336. The third-order valence-corrected chi connectivity index (χ3v) is 6.03. The van der Waals surface area contributed by atoms with Crippen LogP contribution in [0.4, 0.5) is 11.8 Å². The highest BCUT2D eigenvalue weighted by molar-refractivity contribution is 5.84. The zero-order chi connectivity index (χ0) is 18.8. The molecule has 0 aromatic carbocycles. The van der Waals surface area contributed by atoms with Crippen LogP contribution in [0.15, 0.2) is 6.07 Å². The van der Waals surface area contributed by atoms with Crippen molar-refractivity contribution in [1.29, 1.82) is 0 Å². The molecule has 3 heterocycles. The first kappa shape index (κ1) is 18.2. The van der Waals surface area contributed by atoms with Crippen LogP contribution >= 0.6 is 0 Å². The fourth-order valence-electron chi connectivity index (χ4n) is 4.36. The number of nitrogens with zero attached hydrogens (tertiary/aromatic N) is 5. The number of ketones is 1. The van der Waals surface area contributed by atoms with Crippen molar-refractivity contribution in [1.82, 2.24) is 14.9 Å². The number of hydrogen-bond donors (Lipinski definition) is 0. The van der Waals surface area contributed by atoms with Gasteiger partial charge in [0.25, 0.3) is 0 Å². The molecule has 0 bridgehead atoms. The van der Waals surface area contributed by atoms with Gasteiger partial charge in [0.05, 0.1) is 0 Å². The summed E-state index contributed by atoms with van der Waals surface area (Å²) in [5.41, 5.74) is 0.993. The number of rotatable bonds is 3. The highest BCUT2D eigenvalue weighted by Gasteiger charge is 2.31. The van der Waals surface area contributed by atoms with E-state index < -0.39 is 0 Å². The van der Waals surface area contributed by atoms with Gasteiger partial charge in [0.2, 0.25) is 11.9 Å². The lowest BCUT2D eigenvalue weighted by Gasteiger charge is -2.37. The highest BCUT2D eigenvalue weighted by atomic mass is 16.2. The summed E-state index contributed by atoms with van der Waals surface area (Å²) in [5, 5.41) is 0. The number of aryl methyl sites for hydroxylation is 1. The minimum atomic E-state index is 0.0336. The molecule has 0 unspecified atom stereocenters. The van der Waals surface area contributed by atoms with Crippen molar-refractivity contribution >= 4 is 23.5 Å². The van der Waals surface area contributed by atoms with Gasteiger partial charge in [-0.1, -0.05) is 0 Å². The Morgan fingerprint density at radius 2 is 1.63 bits per heavy atom. The van der Waals surface area contributed by atoms with Crippen LogP contribution in [0.1, 0.15) is 44.2 Å². The molecule has 1 aromatic heterocycles. The van der Waals surface area contributed by atoms with Gasteiger partial charge in [-0.05, 0) is 32.6 Å². The normalized spacial score (nSPS) is 21.8. The molecule has 1 aliphatic carbocycles. The average molecular weight is 371 g/mol. The Kier molecular flexibility index (Phi) is 5.27. The zero-order valence-electron chi connectivity index (χ0n) is 16.2. The molecular formula is C20H29N5O2. The second-order valence-corrected chi connectivity index (χ2v) is 7.99. The van der Waals surface area contributed by atoms with Gasteiger partial charge in [-0.3, -0.25) is 9.59 Å². The fraction of sp³-hybridized carbons (Fsp3) is 0.700. The summed E-state index contributed by atoms with van der Waals surface area (Å²) in [6.07, 6.45) is 5.02. The van der Waals surface area contributed by atoms with Gasteiger partial charge in [-0.2, -0.15) is 4.98 Å². The number of anilines is 2. The Labute approximate surface area is 160 Å². The standard InChI is InChI=1S/C20H29N5O2/c1-15-14-18(23-8-2-3-9-23)22-20(21-15)25-12-10-24(11-13-25)19(27)16-4-6-17(26)7-5-16/h14,16H,2-13H2,1H3. The van der Waals surface area contributed by atoms with Crippen molar-refractivity contribution in [2.75, 3.05) is 49.1 Å².